The third-order valence-corrected chi connectivity index (χ3v) is 4.44. The first-order chi connectivity index (χ1) is 9.41. The summed E-state index contributed by atoms with van der Waals surface area (Å²) >= 11 is 0. The van der Waals surface area contributed by atoms with Crippen LogP contribution in [0.1, 0.15) is 25.0 Å². The molecule has 0 saturated carbocycles. The lowest BCUT2D eigenvalue weighted by Crippen LogP contribution is -2.34. The van der Waals surface area contributed by atoms with Crippen molar-refractivity contribution in [3.63, 3.8) is 0 Å². The van der Waals surface area contributed by atoms with Crippen LogP contribution in [0.5, 0.6) is 0 Å². The molecular formula is C12H16N4O4. The Morgan fingerprint density at radius 1 is 1.50 bits per heavy atom. The van der Waals surface area contributed by atoms with Gasteiger partial charge in [-0.05, 0) is 26.2 Å². The molecule has 2 saturated heterocycles. The molecule has 1 N–H and O–H groups in total. The van der Waals surface area contributed by atoms with Crippen LogP contribution in [0.2, 0.25) is 0 Å². The topological polar surface area (TPSA) is 102 Å². The van der Waals surface area contributed by atoms with Gasteiger partial charge in [0, 0.05) is 19.1 Å². The van der Waals surface area contributed by atoms with E-state index in [9.17, 15) is 20.0 Å². The highest BCUT2D eigenvalue weighted by Gasteiger charge is 2.52. The van der Waals surface area contributed by atoms with Gasteiger partial charge in [0.05, 0.1) is 10.8 Å². The van der Waals surface area contributed by atoms with Gasteiger partial charge in [-0.25, -0.2) is 4.68 Å². The Hall–Kier alpha value is -2.12. The van der Waals surface area contributed by atoms with Gasteiger partial charge in [0.1, 0.15) is 5.69 Å². The summed E-state index contributed by atoms with van der Waals surface area (Å²) in [5, 5.41) is 24.7. The van der Waals surface area contributed by atoms with E-state index in [1.54, 1.807) is 14.0 Å². The Morgan fingerprint density at radius 2 is 2.20 bits per heavy atom. The molecule has 3 heterocycles. The van der Waals surface area contributed by atoms with E-state index >= 15 is 0 Å². The SMILES string of the molecule is Cc1nn(C)c(N2C3CCC2C(C(=O)O)C3)c1[N+](=O)[O-]. The Bertz CT molecular complexity index is 597. The third kappa shape index (κ3) is 1.60. The molecule has 8 heteroatoms. The second-order valence-corrected chi connectivity index (χ2v) is 5.52. The monoisotopic (exact) mass is 280 g/mol. The molecule has 0 radical (unpaired) electrons. The Balaban J connectivity index is 2.07. The number of fused-ring (bicyclic) bond motifs is 2. The standard InChI is InChI=1S/C12H16N4O4/c1-6-10(16(19)20)11(14(2)13-6)15-7-3-4-9(15)8(5-7)12(17)18/h7-9H,3-5H2,1-2H3,(H,17,18). The van der Waals surface area contributed by atoms with Gasteiger partial charge in [-0.15, -0.1) is 0 Å². The van der Waals surface area contributed by atoms with E-state index in [0.29, 0.717) is 17.9 Å². The number of nitro groups is 1. The molecule has 2 bridgehead atoms. The van der Waals surface area contributed by atoms with Gasteiger partial charge in [0.2, 0.25) is 5.82 Å². The average molecular weight is 280 g/mol. The average Bonchev–Trinajstić information content (AvgIpc) is 2.98. The fourth-order valence-electron chi connectivity index (χ4n) is 3.72. The first-order valence-corrected chi connectivity index (χ1v) is 6.61. The summed E-state index contributed by atoms with van der Waals surface area (Å²) in [7, 11) is 1.67. The molecule has 3 rings (SSSR count). The highest BCUT2D eigenvalue weighted by Crippen LogP contribution is 2.47. The maximum atomic E-state index is 11.3. The highest BCUT2D eigenvalue weighted by molar-refractivity contribution is 5.75. The van der Waals surface area contributed by atoms with Crippen molar-refractivity contribution >= 4 is 17.5 Å². The lowest BCUT2D eigenvalue weighted by molar-refractivity contribution is -0.384. The van der Waals surface area contributed by atoms with E-state index in [2.05, 4.69) is 5.10 Å². The second kappa shape index (κ2) is 4.19. The number of carboxylic acid groups (broad SMARTS) is 1. The van der Waals surface area contributed by atoms with Gasteiger partial charge in [-0.2, -0.15) is 5.10 Å². The summed E-state index contributed by atoms with van der Waals surface area (Å²) < 4.78 is 1.50. The molecule has 0 spiro atoms. The molecule has 20 heavy (non-hydrogen) atoms. The van der Waals surface area contributed by atoms with Crippen molar-refractivity contribution in [2.75, 3.05) is 4.90 Å². The molecule has 108 valence electrons. The van der Waals surface area contributed by atoms with E-state index in [4.69, 9.17) is 0 Å². The van der Waals surface area contributed by atoms with Crippen LogP contribution in [0.25, 0.3) is 0 Å². The number of aromatic nitrogens is 2. The van der Waals surface area contributed by atoms with E-state index in [1.807, 2.05) is 4.90 Å². The van der Waals surface area contributed by atoms with Crippen LogP contribution in [0.3, 0.4) is 0 Å². The van der Waals surface area contributed by atoms with Gasteiger partial charge in [0.25, 0.3) is 0 Å². The molecule has 3 atom stereocenters. The fourth-order valence-corrected chi connectivity index (χ4v) is 3.72. The predicted molar refractivity (Wildman–Crippen MR) is 69.6 cm³/mol. The van der Waals surface area contributed by atoms with Crippen LogP contribution >= 0.6 is 0 Å². The minimum atomic E-state index is -0.816. The van der Waals surface area contributed by atoms with Crippen LogP contribution < -0.4 is 4.90 Å². The summed E-state index contributed by atoms with van der Waals surface area (Å²) in [6.45, 7) is 1.61. The molecule has 3 unspecified atom stereocenters. The number of nitrogens with zero attached hydrogens (tertiary/aromatic N) is 4. The molecule has 2 aliphatic rings. The van der Waals surface area contributed by atoms with Gasteiger partial charge in [-0.1, -0.05) is 0 Å². The summed E-state index contributed by atoms with van der Waals surface area (Å²) in [5.74, 6) is -0.809. The first kappa shape index (κ1) is 12.9. The predicted octanol–water partition coefficient (Wildman–Crippen LogP) is 1.08. The first-order valence-electron chi connectivity index (χ1n) is 6.61. The zero-order valence-electron chi connectivity index (χ0n) is 11.3. The Morgan fingerprint density at radius 3 is 2.75 bits per heavy atom. The summed E-state index contributed by atoms with van der Waals surface area (Å²) in [6, 6.07) is -0.0967. The van der Waals surface area contributed by atoms with Crippen molar-refractivity contribution in [1.82, 2.24) is 9.78 Å². The van der Waals surface area contributed by atoms with Gasteiger partial charge >= 0.3 is 11.7 Å². The number of rotatable bonds is 3. The molecule has 8 nitrogen and oxygen atoms in total. The highest BCUT2D eigenvalue weighted by atomic mass is 16.6. The van der Waals surface area contributed by atoms with Crippen LogP contribution in [-0.2, 0) is 11.8 Å². The molecule has 1 aromatic rings. The second-order valence-electron chi connectivity index (χ2n) is 5.52. The summed E-state index contributed by atoms with van der Waals surface area (Å²) in [4.78, 5) is 24.1. The van der Waals surface area contributed by atoms with Crippen molar-refractivity contribution in [3.8, 4) is 0 Å². The molecule has 0 amide bonds. The van der Waals surface area contributed by atoms with Gasteiger partial charge < -0.3 is 10.0 Å². The number of hydrogen-bond acceptors (Lipinski definition) is 5. The molecular weight excluding hydrogens is 264 g/mol. The minimum Gasteiger partial charge on any atom is -0.481 e. The Labute approximate surface area is 115 Å². The molecule has 2 aliphatic heterocycles. The van der Waals surface area contributed by atoms with Crippen molar-refractivity contribution in [2.24, 2.45) is 13.0 Å². The minimum absolute atomic E-state index is 0.00422. The summed E-state index contributed by atoms with van der Waals surface area (Å²) in [6.07, 6.45) is 2.21. The largest absolute Gasteiger partial charge is 0.481 e. The quantitative estimate of drug-likeness (QED) is 0.656. The van der Waals surface area contributed by atoms with Crippen molar-refractivity contribution in [2.45, 2.75) is 38.3 Å². The third-order valence-electron chi connectivity index (χ3n) is 4.44. The van der Waals surface area contributed by atoms with Gasteiger partial charge in [0.15, 0.2) is 0 Å². The van der Waals surface area contributed by atoms with Crippen LogP contribution in [0.15, 0.2) is 0 Å². The zero-order chi connectivity index (χ0) is 14.6. The number of aryl methyl sites for hydroxylation is 2. The van der Waals surface area contributed by atoms with E-state index < -0.39 is 16.8 Å². The lowest BCUT2D eigenvalue weighted by Gasteiger charge is -2.24. The number of hydrogen-bond donors (Lipinski definition) is 1. The molecule has 0 aliphatic carbocycles. The fraction of sp³-hybridized carbons (Fsp3) is 0.667. The zero-order valence-corrected chi connectivity index (χ0v) is 11.3. The Kier molecular flexibility index (Phi) is 2.70. The maximum absolute atomic E-state index is 11.3. The number of carboxylic acids is 1. The van der Waals surface area contributed by atoms with Crippen molar-refractivity contribution in [3.05, 3.63) is 15.8 Å². The molecule has 2 fully saturated rings. The normalized spacial score (nSPS) is 28.1. The van der Waals surface area contributed by atoms with Crippen LogP contribution in [0, 0.1) is 23.0 Å². The van der Waals surface area contributed by atoms with Crippen LogP contribution in [-0.4, -0.2) is 37.9 Å². The smallest absolute Gasteiger partial charge is 0.333 e. The van der Waals surface area contributed by atoms with E-state index in [0.717, 1.165) is 12.8 Å². The van der Waals surface area contributed by atoms with Gasteiger partial charge in [-0.3, -0.25) is 14.9 Å². The number of aliphatic carboxylic acids is 1. The van der Waals surface area contributed by atoms with E-state index in [-0.39, 0.29) is 17.8 Å². The maximum Gasteiger partial charge on any atom is 0.333 e. The van der Waals surface area contributed by atoms with Crippen molar-refractivity contribution in [1.29, 1.82) is 0 Å². The molecule has 0 aromatic carbocycles. The molecule has 1 aromatic heterocycles. The van der Waals surface area contributed by atoms with E-state index in [1.165, 1.54) is 4.68 Å². The van der Waals surface area contributed by atoms with Crippen molar-refractivity contribution < 1.29 is 14.8 Å². The summed E-state index contributed by atoms with van der Waals surface area (Å²) in [5.41, 5.74) is 0.362. The lowest BCUT2D eigenvalue weighted by atomic mass is 9.89. The van der Waals surface area contributed by atoms with Crippen LogP contribution in [0.4, 0.5) is 11.5 Å². The number of carbonyl (C=O) groups is 1. The number of anilines is 1.